The number of nitrogens with zero attached hydrogens (tertiary/aromatic N) is 4. The molecule has 4 rings (SSSR count). The molecule has 0 radical (unpaired) electrons. The first-order chi connectivity index (χ1) is 15.8. The van der Waals surface area contributed by atoms with Gasteiger partial charge in [-0.2, -0.15) is 0 Å². The van der Waals surface area contributed by atoms with Gasteiger partial charge in [-0.3, -0.25) is 0 Å². The molecule has 0 saturated heterocycles. The van der Waals surface area contributed by atoms with Crippen molar-refractivity contribution in [3.63, 3.8) is 0 Å². The number of hydrogen-bond acceptors (Lipinski definition) is 7. The van der Waals surface area contributed by atoms with Crippen LogP contribution in [0.2, 0.25) is 0 Å². The minimum atomic E-state index is -0.577. The van der Waals surface area contributed by atoms with E-state index in [-0.39, 0.29) is 12.3 Å². The fourth-order valence-electron chi connectivity index (χ4n) is 3.35. The lowest BCUT2D eigenvalue weighted by Gasteiger charge is -2.07. The van der Waals surface area contributed by atoms with Gasteiger partial charge in [0.15, 0.2) is 5.69 Å². The predicted molar refractivity (Wildman–Crippen MR) is 126 cm³/mol. The Morgan fingerprint density at radius 3 is 2.61 bits per heavy atom. The first-order valence-corrected chi connectivity index (χ1v) is 11.0. The number of benzene rings is 2. The fourth-order valence-corrected chi connectivity index (χ4v) is 3.71. The molecule has 0 aliphatic rings. The molecule has 0 N–H and O–H groups in total. The zero-order valence-corrected chi connectivity index (χ0v) is 20.6. The van der Waals surface area contributed by atoms with Gasteiger partial charge in [-0.1, -0.05) is 27.2 Å². The monoisotopic (exact) mass is 510 g/mol. The first-order valence-electron chi connectivity index (χ1n) is 10.3. The normalized spacial score (nSPS) is 11.0. The van der Waals surface area contributed by atoms with Crippen molar-refractivity contribution in [2.45, 2.75) is 34.3 Å². The molecule has 2 heterocycles. The van der Waals surface area contributed by atoms with E-state index >= 15 is 0 Å². The number of rotatable bonds is 6. The third kappa shape index (κ3) is 4.54. The van der Waals surface area contributed by atoms with Gasteiger partial charge in [0.25, 0.3) is 0 Å². The topological polar surface area (TPSA) is 92.3 Å². The number of ether oxygens (including phenoxy) is 2. The molecule has 0 aliphatic heterocycles. The van der Waals surface area contributed by atoms with Crippen LogP contribution in [0, 0.1) is 27.7 Å². The van der Waals surface area contributed by atoms with Gasteiger partial charge in [0.2, 0.25) is 5.89 Å². The summed E-state index contributed by atoms with van der Waals surface area (Å²) in [6, 6.07) is 11.5. The van der Waals surface area contributed by atoms with Gasteiger partial charge in [0, 0.05) is 4.47 Å². The number of aromatic nitrogens is 4. The van der Waals surface area contributed by atoms with Crippen molar-refractivity contribution in [2.24, 2.45) is 0 Å². The molecular formula is C24H23BrN4O4. The van der Waals surface area contributed by atoms with E-state index in [1.54, 1.807) is 25.6 Å². The lowest BCUT2D eigenvalue weighted by molar-refractivity contribution is 0.0459. The largest absolute Gasteiger partial charge is 0.496 e. The molecule has 0 aliphatic carbocycles. The van der Waals surface area contributed by atoms with Crippen LogP contribution in [-0.2, 0) is 11.3 Å². The molecule has 0 spiro atoms. The maximum absolute atomic E-state index is 12.7. The average molecular weight is 511 g/mol. The van der Waals surface area contributed by atoms with Crippen molar-refractivity contribution < 1.29 is 18.7 Å². The van der Waals surface area contributed by atoms with Gasteiger partial charge in [0.1, 0.15) is 23.8 Å². The second kappa shape index (κ2) is 9.19. The summed E-state index contributed by atoms with van der Waals surface area (Å²) in [5, 5.41) is 8.17. The van der Waals surface area contributed by atoms with Crippen molar-refractivity contribution in [1.29, 1.82) is 0 Å². The van der Waals surface area contributed by atoms with Crippen LogP contribution in [0.4, 0.5) is 0 Å². The number of carbonyl (C=O) groups is 1. The van der Waals surface area contributed by atoms with E-state index in [0.717, 1.165) is 15.7 Å². The summed E-state index contributed by atoms with van der Waals surface area (Å²) in [5.41, 5.74) is 5.11. The van der Waals surface area contributed by atoms with Crippen LogP contribution in [0.15, 0.2) is 45.3 Å². The first kappa shape index (κ1) is 22.7. The Balaban J connectivity index is 1.52. The Labute approximate surface area is 199 Å². The van der Waals surface area contributed by atoms with Gasteiger partial charge in [-0.05, 0) is 69.2 Å². The van der Waals surface area contributed by atoms with Gasteiger partial charge in [0.05, 0.1) is 24.1 Å². The number of halogens is 1. The highest BCUT2D eigenvalue weighted by molar-refractivity contribution is 9.10. The summed E-state index contributed by atoms with van der Waals surface area (Å²) in [7, 11) is 1.58. The molecule has 9 heteroatoms. The van der Waals surface area contributed by atoms with E-state index < -0.39 is 5.97 Å². The lowest BCUT2D eigenvalue weighted by Crippen LogP contribution is -2.09. The minimum Gasteiger partial charge on any atom is -0.496 e. The van der Waals surface area contributed by atoms with Crippen molar-refractivity contribution in [2.75, 3.05) is 7.11 Å². The van der Waals surface area contributed by atoms with Crippen molar-refractivity contribution in [3.05, 3.63) is 74.8 Å². The van der Waals surface area contributed by atoms with Crippen LogP contribution >= 0.6 is 15.9 Å². The van der Waals surface area contributed by atoms with Gasteiger partial charge in [-0.15, -0.1) is 5.10 Å². The van der Waals surface area contributed by atoms with E-state index in [1.165, 1.54) is 5.56 Å². The summed E-state index contributed by atoms with van der Waals surface area (Å²) in [6.45, 7) is 7.56. The summed E-state index contributed by atoms with van der Waals surface area (Å²) in [4.78, 5) is 17.2. The predicted octanol–water partition coefficient (Wildman–Crippen LogP) is 5.28. The number of carbonyl (C=O) groups excluding carboxylic acids is 1. The Morgan fingerprint density at radius 2 is 1.88 bits per heavy atom. The number of methoxy groups -OCH3 is 1. The molecule has 0 unspecified atom stereocenters. The fraction of sp³-hybridized carbons (Fsp3) is 0.250. The van der Waals surface area contributed by atoms with Crippen LogP contribution in [0.3, 0.4) is 0 Å². The van der Waals surface area contributed by atoms with Crippen LogP contribution in [0.1, 0.15) is 38.8 Å². The molecule has 170 valence electrons. The van der Waals surface area contributed by atoms with Gasteiger partial charge < -0.3 is 13.9 Å². The Hall–Kier alpha value is -3.46. The smallest absolute Gasteiger partial charge is 0.361 e. The summed E-state index contributed by atoms with van der Waals surface area (Å²) in [5.74, 6) is 0.983. The summed E-state index contributed by atoms with van der Waals surface area (Å²) >= 11 is 3.45. The van der Waals surface area contributed by atoms with Crippen molar-refractivity contribution in [1.82, 2.24) is 20.0 Å². The molecule has 0 saturated carbocycles. The van der Waals surface area contributed by atoms with Gasteiger partial charge >= 0.3 is 5.97 Å². The SMILES string of the molecule is COc1ccc(Br)cc1-c1nc(COC(=O)c2nnn(-c3ccc(C)c(C)c3)c2C)c(C)o1. The standard InChI is InChI=1S/C24H23BrN4O4/c1-13-6-8-18(10-14(13)2)29-15(3)22(27-28-29)24(30)32-12-20-16(4)33-23(26-20)19-11-17(25)7-9-21(19)31-5/h6-11H,12H2,1-5H3. The number of aryl methyl sites for hydroxylation is 3. The minimum absolute atomic E-state index is 0.0551. The second-order valence-electron chi connectivity index (χ2n) is 7.65. The molecule has 0 atom stereocenters. The van der Waals surface area contributed by atoms with Crippen LogP contribution in [0.25, 0.3) is 17.1 Å². The molecule has 0 amide bonds. The zero-order valence-electron chi connectivity index (χ0n) is 19.0. The molecule has 33 heavy (non-hydrogen) atoms. The van der Waals surface area contributed by atoms with Gasteiger partial charge in [-0.25, -0.2) is 14.5 Å². The Morgan fingerprint density at radius 1 is 1.09 bits per heavy atom. The van der Waals surface area contributed by atoms with E-state index in [4.69, 9.17) is 13.9 Å². The molecule has 8 nitrogen and oxygen atoms in total. The van der Waals surface area contributed by atoms with E-state index in [9.17, 15) is 4.79 Å². The number of esters is 1. The maximum Gasteiger partial charge on any atom is 0.361 e. The molecule has 0 fully saturated rings. The third-order valence-electron chi connectivity index (χ3n) is 5.45. The van der Waals surface area contributed by atoms with E-state index in [0.29, 0.717) is 34.4 Å². The van der Waals surface area contributed by atoms with Crippen molar-refractivity contribution in [3.8, 4) is 22.9 Å². The molecular weight excluding hydrogens is 488 g/mol. The number of oxazole rings is 1. The Bertz CT molecular complexity index is 1340. The highest BCUT2D eigenvalue weighted by Gasteiger charge is 2.21. The Kier molecular flexibility index (Phi) is 6.33. The van der Waals surface area contributed by atoms with Crippen LogP contribution in [-0.4, -0.2) is 33.1 Å². The molecule has 2 aromatic carbocycles. The lowest BCUT2D eigenvalue weighted by atomic mass is 10.1. The molecule has 0 bridgehead atoms. The molecule has 4 aromatic rings. The summed E-state index contributed by atoms with van der Waals surface area (Å²) in [6.07, 6.45) is 0. The average Bonchev–Trinajstić information content (AvgIpc) is 3.36. The zero-order chi connectivity index (χ0) is 23.7. The quantitative estimate of drug-likeness (QED) is 0.325. The number of hydrogen-bond donors (Lipinski definition) is 0. The summed E-state index contributed by atoms with van der Waals surface area (Å²) < 4.78 is 19.2. The van der Waals surface area contributed by atoms with E-state index in [2.05, 4.69) is 31.2 Å². The highest BCUT2D eigenvalue weighted by atomic mass is 79.9. The van der Waals surface area contributed by atoms with Crippen molar-refractivity contribution >= 4 is 21.9 Å². The highest BCUT2D eigenvalue weighted by Crippen LogP contribution is 2.33. The second-order valence-corrected chi connectivity index (χ2v) is 8.56. The third-order valence-corrected chi connectivity index (χ3v) is 5.94. The van der Waals surface area contributed by atoms with E-state index in [1.807, 2.05) is 50.2 Å². The molecule has 2 aromatic heterocycles. The van der Waals surface area contributed by atoms with Crippen LogP contribution < -0.4 is 4.74 Å². The maximum atomic E-state index is 12.7. The van der Waals surface area contributed by atoms with Crippen LogP contribution in [0.5, 0.6) is 5.75 Å².